The lowest BCUT2D eigenvalue weighted by molar-refractivity contribution is -0.132. The first-order valence-corrected chi connectivity index (χ1v) is 14.9. The van der Waals surface area contributed by atoms with Crippen molar-refractivity contribution in [3.05, 3.63) is 105 Å². The Morgan fingerprint density at radius 2 is 1.93 bits per heavy atom. The van der Waals surface area contributed by atoms with Gasteiger partial charge in [-0.1, -0.05) is 76.6 Å². The molecule has 0 saturated carbocycles. The molecule has 6 rings (SSSR count). The minimum absolute atomic E-state index is 0.0202. The van der Waals surface area contributed by atoms with Crippen molar-refractivity contribution in [1.82, 2.24) is 10.2 Å². The maximum Gasteiger partial charge on any atom is 0.301 e. The lowest BCUT2D eigenvalue weighted by Crippen LogP contribution is -2.29. The summed E-state index contributed by atoms with van der Waals surface area (Å²) >= 11 is 15.2. The molecular formula is C29H21Cl2N3O4S2. The molecule has 2 aliphatic rings. The quantitative estimate of drug-likeness (QED) is 0.0820. The summed E-state index contributed by atoms with van der Waals surface area (Å²) in [4.78, 5) is 28.2. The predicted octanol–water partition coefficient (Wildman–Crippen LogP) is 7.09. The van der Waals surface area contributed by atoms with Crippen LogP contribution in [0.25, 0.3) is 5.76 Å². The van der Waals surface area contributed by atoms with Gasteiger partial charge in [-0.25, -0.2) is 0 Å². The number of anilines is 1. The second kappa shape index (κ2) is 10.9. The Balaban J connectivity index is 1.39. The molecule has 1 fully saturated rings. The smallest absolute Gasteiger partial charge is 0.301 e. The van der Waals surface area contributed by atoms with Gasteiger partial charge in [0.25, 0.3) is 5.78 Å². The lowest BCUT2D eigenvalue weighted by Gasteiger charge is -2.22. The summed E-state index contributed by atoms with van der Waals surface area (Å²) in [7, 11) is 0. The Bertz CT molecular complexity index is 1690. The number of hydrogen-bond acceptors (Lipinski definition) is 8. The molecule has 1 N–H and O–H groups in total. The van der Waals surface area contributed by atoms with Crippen LogP contribution in [0.15, 0.2) is 76.6 Å². The van der Waals surface area contributed by atoms with Crippen LogP contribution in [0.5, 0.6) is 5.75 Å². The maximum absolute atomic E-state index is 13.5. The van der Waals surface area contributed by atoms with Crippen LogP contribution in [0.2, 0.25) is 10.0 Å². The van der Waals surface area contributed by atoms with Crippen LogP contribution in [0.3, 0.4) is 0 Å². The number of benzene rings is 3. The Morgan fingerprint density at radius 3 is 2.73 bits per heavy atom. The van der Waals surface area contributed by atoms with E-state index >= 15 is 0 Å². The lowest BCUT2D eigenvalue weighted by atomic mass is 9.94. The number of thioether (sulfide) groups is 1. The van der Waals surface area contributed by atoms with Crippen LogP contribution in [-0.2, 0) is 21.8 Å². The number of amides is 1. The molecule has 3 heterocycles. The Kier molecular flexibility index (Phi) is 7.31. The standard InChI is InChI=1S/C29H21Cl2N3O4S2/c1-15-11-19-12-17(9-10-22(19)38-15)25(35)23-24(16-6-4-7-20(30)13-16)34(27(37)26(23)36)28-32-33-29(40-28)39-14-18-5-2-3-8-21(18)31/h2-10,12-13,15,24,35H,11,14H2,1H3/t15-,24-/m1/s1. The Labute approximate surface area is 248 Å². The number of halogens is 2. The van der Waals surface area contributed by atoms with E-state index in [2.05, 4.69) is 10.2 Å². The van der Waals surface area contributed by atoms with Gasteiger partial charge < -0.3 is 9.84 Å². The van der Waals surface area contributed by atoms with Gasteiger partial charge in [0.05, 0.1) is 11.6 Å². The van der Waals surface area contributed by atoms with Crippen LogP contribution >= 0.6 is 46.3 Å². The third-order valence-corrected chi connectivity index (χ3v) is 9.40. The van der Waals surface area contributed by atoms with E-state index in [1.54, 1.807) is 42.5 Å². The number of aliphatic hydroxyl groups is 1. The van der Waals surface area contributed by atoms with E-state index in [0.29, 0.717) is 37.7 Å². The molecule has 0 unspecified atom stereocenters. The highest BCUT2D eigenvalue weighted by molar-refractivity contribution is 8.00. The zero-order chi connectivity index (χ0) is 28.0. The van der Waals surface area contributed by atoms with E-state index < -0.39 is 17.7 Å². The highest BCUT2D eigenvalue weighted by atomic mass is 35.5. The zero-order valence-corrected chi connectivity index (χ0v) is 24.2. The van der Waals surface area contributed by atoms with Crippen molar-refractivity contribution in [3.63, 3.8) is 0 Å². The van der Waals surface area contributed by atoms with Gasteiger partial charge in [-0.15, -0.1) is 10.2 Å². The monoisotopic (exact) mass is 609 g/mol. The Hall–Kier alpha value is -3.37. The number of fused-ring (bicyclic) bond motifs is 1. The number of carbonyl (C=O) groups excluding carboxylic acids is 2. The minimum Gasteiger partial charge on any atom is -0.507 e. The van der Waals surface area contributed by atoms with Crippen molar-refractivity contribution in [1.29, 1.82) is 0 Å². The van der Waals surface area contributed by atoms with Gasteiger partial charge in [-0.05, 0) is 60.0 Å². The summed E-state index contributed by atoms with van der Waals surface area (Å²) in [5, 5.41) is 21.3. The number of carbonyl (C=O) groups is 2. The van der Waals surface area contributed by atoms with Gasteiger partial charge in [0.1, 0.15) is 17.6 Å². The molecule has 3 aromatic carbocycles. The van der Waals surface area contributed by atoms with E-state index in [4.69, 9.17) is 27.9 Å². The molecule has 11 heteroatoms. The highest BCUT2D eigenvalue weighted by Crippen LogP contribution is 2.45. The Morgan fingerprint density at radius 1 is 1.10 bits per heavy atom. The van der Waals surface area contributed by atoms with Crippen molar-refractivity contribution in [2.45, 2.75) is 35.6 Å². The number of aliphatic hydroxyl groups excluding tert-OH is 1. The molecule has 0 radical (unpaired) electrons. The second-order valence-electron chi connectivity index (χ2n) is 9.41. The van der Waals surface area contributed by atoms with Crippen LogP contribution in [-0.4, -0.2) is 33.1 Å². The summed E-state index contributed by atoms with van der Waals surface area (Å²) in [5.74, 6) is -0.583. The van der Waals surface area contributed by atoms with Crippen molar-refractivity contribution in [2.24, 2.45) is 0 Å². The molecule has 40 heavy (non-hydrogen) atoms. The molecule has 2 aliphatic heterocycles. The summed E-state index contributed by atoms with van der Waals surface area (Å²) in [6.45, 7) is 1.97. The summed E-state index contributed by atoms with van der Waals surface area (Å²) < 4.78 is 6.38. The maximum atomic E-state index is 13.5. The third kappa shape index (κ3) is 4.99. The number of rotatable bonds is 6. The second-order valence-corrected chi connectivity index (χ2v) is 12.4. The number of nitrogens with zero attached hydrogens (tertiary/aromatic N) is 3. The largest absolute Gasteiger partial charge is 0.507 e. The fraction of sp³-hybridized carbons (Fsp3) is 0.172. The van der Waals surface area contributed by atoms with Gasteiger partial charge in [-0.2, -0.15) is 0 Å². The van der Waals surface area contributed by atoms with E-state index in [1.165, 1.54) is 28.0 Å². The van der Waals surface area contributed by atoms with Gasteiger partial charge in [0.2, 0.25) is 5.13 Å². The van der Waals surface area contributed by atoms with Crippen LogP contribution in [0, 0.1) is 0 Å². The molecule has 0 aliphatic carbocycles. The van der Waals surface area contributed by atoms with Gasteiger partial charge in [-0.3, -0.25) is 14.5 Å². The molecule has 1 amide bonds. The first-order chi connectivity index (χ1) is 19.3. The SMILES string of the molecule is C[C@@H]1Cc2cc(C(O)=C3C(=O)C(=O)N(c4nnc(SCc5ccccc5Cl)s4)[C@@H]3c3cccc(Cl)c3)ccc2O1. The van der Waals surface area contributed by atoms with Crippen molar-refractivity contribution in [3.8, 4) is 5.75 Å². The van der Waals surface area contributed by atoms with Gasteiger partial charge in [0, 0.05) is 27.8 Å². The number of Topliss-reactive ketones (excluding diaryl/α,β-unsaturated/α-hetero) is 1. The molecule has 0 spiro atoms. The molecule has 1 aromatic heterocycles. The molecule has 0 bridgehead atoms. The summed E-state index contributed by atoms with van der Waals surface area (Å²) in [6, 6.07) is 18.7. The number of aromatic nitrogens is 2. The first-order valence-electron chi connectivity index (χ1n) is 12.4. The molecule has 7 nitrogen and oxygen atoms in total. The highest BCUT2D eigenvalue weighted by Gasteiger charge is 2.48. The van der Waals surface area contributed by atoms with Crippen LogP contribution < -0.4 is 9.64 Å². The number of ketones is 1. The fourth-order valence-electron chi connectivity index (χ4n) is 4.86. The van der Waals surface area contributed by atoms with E-state index in [-0.39, 0.29) is 22.6 Å². The minimum atomic E-state index is -0.948. The average Bonchev–Trinajstić information content (AvgIpc) is 3.63. The summed E-state index contributed by atoms with van der Waals surface area (Å²) in [6.07, 6.45) is 0.703. The topological polar surface area (TPSA) is 92.6 Å². The normalized spacial score (nSPS) is 19.6. The molecule has 4 aromatic rings. The third-order valence-electron chi connectivity index (χ3n) is 6.69. The first kappa shape index (κ1) is 26.8. The summed E-state index contributed by atoms with van der Waals surface area (Å²) in [5.41, 5.74) is 2.81. The average molecular weight is 611 g/mol. The van der Waals surface area contributed by atoms with Gasteiger partial charge in [0.15, 0.2) is 4.34 Å². The van der Waals surface area contributed by atoms with Crippen molar-refractivity contribution < 1.29 is 19.4 Å². The molecule has 2 atom stereocenters. The number of ether oxygens (including phenoxy) is 1. The fourth-order valence-corrected chi connectivity index (χ4v) is 7.21. The van der Waals surface area contributed by atoms with Crippen LogP contribution in [0.1, 0.15) is 35.2 Å². The number of hydrogen-bond donors (Lipinski definition) is 1. The zero-order valence-electron chi connectivity index (χ0n) is 21.0. The van der Waals surface area contributed by atoms with Crippen molar-refractivity contribution >= 4 is 68.9 Å². The van der Waals surface area contributed by atoms with Crippen LogP contribution in [0.4, 0.5) is 5.13 Å². The van der Waals surface area contributed by atoms with Crippen molar-refractivity contribution in [2.75, 3.05) is 4.90 Å². The molecular weight excluding hydrogens is 589 g/mol. The predicted molar refractivity (Wildman–Crippen MR) is 157 cm³/mol. The van der Waals surface area contributed by atoms with E-state index in [1.807, 2.05) is 31.2 Å². The molecule has 1 saturated heterocycles. The van der Waals surface area contributed by atoms with E-state index in [9.17, 15) is 14.7 Å². The van der Waals surface area contributed by atoms with E-state index in [0.717, 1.165) is 16.9 Å². The van der Waals surface area contributed by atoms with Gasteiger partial charge >= 0.3 is 5.91 Å². The molecule has 202 valence electrons.